The lowest BCUT2D eigenvalue weighted by Gasteiger charge is -1.97. The fourth-order valence-electron chi connectivity index (χ4n) is 1.84. The van der Waals surface area contributed by atoms with E-state index in [1.807, 2.05) is 0 Å². The zero-order chi connectivity index (χ0) is 10.5. The van der Waals surface area contributed by atoms with Gasteiger partial charge in [-0.15, -0.1) is 0 Å². The Morgan fingerprint density at radius 3 is 2.60 bits per heavy atom. The van der Waals surface area contributed by atoms with Crippen molar-refractivity contribution in [2.24, 2.45) is 0 Å². The van der Waals surface area contributed by atoms with Crippen LogP contribution in [0.2, 0.25) is 0 Å². The maximum Gasteiger partial charge on any atom is 0.0194 e. The first kappa shape index (κ1) is 10.0. The van der Waals surface area contributed by atoms with Gasteiger partial charge in [0.25, 0.3) is 0 Å². The van der Waals surface area contributed by atoms with Crippen LogP contribution in [0.4, 0.5) is 0 Å². The summed E-state index contributed by atoms with van der Waals surface area (Å²) < 4.78 is 0. The molecule has 1 heterocycles. The van der Waals surface area contributed by atoms with Gasteiger partial charge in [-0.3, -0.25) is 0 Å². The molecule has 15 heavy (non-hydrogen) atoms. The summed E-state index contributed by atoms with van der Waals surface area (Å²) in [5, 5.41) is 0. The molecule has 1 aromatic heterocycles. The number of rotatable bonds is 4. The summed E-state index contributed by atoms with van der Waals surface area (Å²) in [5.74, 6) is 0. The minimum Gasteiger partial charge on any atom is -0.364 e. The second-order valence-electron chi connectivity index (χ2n) is 3.95. The average Bonchev–Trinajstić information content (AvgIpc) is 2.68. The topological polar surface area (TPSA) is 15.8 Å². The highest BCUT2D eigenvalue weighted by Crippen LogP contribution is 2.11. The first-order valence-corrected chi connectivity index (χ1v) is 5.58. The van der Waals surface area contributed by atoms with Crippen molar-refractivity contribution in [1.29, 1.82) is 0 Å². The highest BCUT2D eigenvalue weighted by molar-refractivity contribution is 5.25. The largest absolute Gasteiger partial charge is 0.364 e. The molecular formula is C14H17N. The number of aryl methyl sites for hydroxylation is 1. The van der Waals surface area contributed by atoms with E-state index in [1.165, 1.54) is 29.7 Å². The van der Waals surface area contributed by atoms with Gasteiger partial charge < -0.3 is 4.98 Å². The summed E-state index contributed by atoms with van der Waals surface area (Å²) in [7, 11) is 0. The normalized spacial score (nSPS) is 10.5. The van der Waals surface area contributed by atoms with E-state index in [0.29, 0.717) is 0 Å². The van der Waals surface area contributed by atoms with Crippen LogP contribution >= 0.6 is 0 Å². The third-order valence-corrected chi connectivity index (χ3v) is 2.58. The summed E-state index contributed by atoms with van der Waals surface area (Å²) >= 11 is 0. The van der Waals surface area contributed by atoms with Gasteiger partial charge in [0.1, 0.15) is 0 Å². The Morgan fingerprint density at radius 1 is 1.07 bits per heavy atom. The van der Waals surface area contributed by atoms with Gasteiger partial charge in [-0.2, -0.15) is 0 Å². The van der Waals surface area contributed by atoms with E-state index in [4.69, 9.17) is 0 Å². The van der Waals surface area contributed by atoms with Crippen molar-refractivity contribution in [2.45, 2.75) is 26.2 Å². The van der Waals surface area contributed by atoms with Gasteiger partial charge in [-0.25, -0.2) is 0 Å². The molecule has 2 aromatic rings. The number of hydrogen-bond donors (Lipinski definition) is 1. The summed E-state index contributed by atoms with van der Waals surface area (Å²) in [6.07, 6.45) is 5.51. The van der Waals surface area contributed by atoms with Gasteiger partial charge in [-0.1, -0.05) is 43.7 Å². The Morgan fingerprint density at radius 2 is 1.87 bits per heavy atom. The third-order valence-electron chi connectivity index (χ3n) is 2.58. The predicted molar refractivity (Wildman–Crippen MR) is 64.0 cm³/mol. The molecule has 0 spiro atoms. The Kier molecular flexibility index (Phi) is 3.23. The molecule has 0 unspecified atom stereocenters. The Hall–Kier alpha value is -1.50. The van der Waals surface area contributed by atoms with Crippen LogP contribution < -0.4 is 0 Å². The monoisotopic (exact) mass is 199 g/mol. The Balaban J connectivity index is 2.05. The molecule has 1 nitrogen and oxygen atoms in total. The van der Waals surface area contributed by atoms with Gasteiger partial charge in [0.05, 0.1) is 0 Å². The molecule has 0 aliphatic heterocycles. The van der Waals surface area contributed by atoms with E-state index in [9.17, 15) is 0 Å². The molecule has 1 aromatic carbocycles. The summed E-state index contributed by atoms with van der Waals surface area (Å²) in [4.78, 5) is 3.34. The second kappa shape index (κ2) is 4.83. The zero-order valence-electron chi connectivity index (χ0n) is 9.16. The van der Waals surface area contributed by atoms with Crippen LogP contribution in [-0.4, -0.2) is 4.98 Å². The molecular weight excluding hydrogens is 182 g/mol. The lowest BCUT2D eigenvalue weighted by molar-refractivity contribution is 0.923. The molecule has 0 amide bonds. The van der Waals surface area contributed by atoms with Crippen molar-refractivity contribution in [3.8, 4) is 0 Å². The number of aromatic nitrogens is 1. The third kappa shape index (κ3) is 2.72. The van der Waals surface area contributed by atoms with E-state index >= 15 is 0 Å². The van der Waals surface area contributed by atoms with Crippen LogP contribution in [0.1, 0.15) is 30.2 Å². The van der Waals surface area contributed by atoms with Crippen molar-refractivity contribution in [3.63, 3.8) is 0 Å². The fraction of sp³-hybridized carbons (Fsp3) is 0.286. The predicted octanol–water partition coefficient (Wildman–Crippen LogP) is 3.56. The van der Waals surface area contributed by atoms with E-state index in [-0.39, 0.29) is 0 Å². The van der Waals surface area contributed by atoms with Crippen LogP contribution in [0.25, 0.3) is 0 Å². The Bertz CT molecular complexity index is 400. The zero-order valence-corrected chi connectivity index (χ0v) is 9.16. The number of nitrogens with one attached hydrogen (secondary N) is 1. The number of hydrogen-bond acceptors (Lipinski definition) is 0. The molecule has 0 radical (unpaired) electrons. The van der Waals surface area contributed by atoms with Gasteiger partial charge in [0.2, 0.25) is 0 Å². The van der Waals surface area contributed by atoms with Crippen molar-refractivity contribution in [2.75, 3.05) is 0 Å². The lowest BCUT2D eigenvalue weighted by Crippen LogP contribution is -1.86. The first-order chi connectivity index (χ1) is 7.38. The number of benzene rings is 1. The molecule has 2 rings (SSSR count). The van der Waals surface area contributed by atoms with Crippen LogP contribution in [0.5, 0.6) is 0 Å². The van der Waals surface area contributed by atoms with E-state index in [2.05, 4.69) is 54.5 Å². The van der Waals surface area contributed by atoms with E-state index in [1.54, 1.807) is 0 Å². The second-order valence-corrected chi connectivity index (χ2v) is 3.95. The summed E-state index contributed by atoms with van der Waals surface area (Å²) in [5.41, 5.74) is 4.09. The van der Waals surface area contributed by atoms with E-state index in [0.717, 1.165) is 6.42 Å². The van der Waals surface area contributed by atoms with Crippen LogP contribution in [0, 0.1) is 0 Å². The van der Waals surface area contributed by atoms with Crippen molar-refractivity contribution < 1.29 is 0 Å². The van der Waals surface area contributed by atoms with Crippen LogP contribution in [0.3, 0.4) is 0 Å². The molecule has 0 saturated heterocycles. The van der Waals surface area contributed by atoms with Crippen molar-refractivity contribution >= 4 is 0 Å². The average molecular weight is 199 g/mol. The maximum atomic E-state index is 3.34. The SMILES string of the molecule is CCCc1c[nH]c(Cc2ccccc2)c1. The molecule has 1 N–H and O–H groups in total. The highest BCUT2D eigenvalue weighted by Gasteiger charge is 1.99. The minimum atomic E-state index is 1.00. The summed E-state index contributed by atoms with van der Waals surface area (Å²) in [6.45, 7) is 2.21. The summed E-state index contributed by atoms with van der Waals surface area (Å²) in [6, 6.07) is 12.8. The molecule has 0 fully saturated rings. The molecule has 0 bridgehead atoms. The quantitative estimate of drug-likeness (QED) is 0.775. The van der Waals surface area contributed by atoms with Crippen LogP contribution in [-0.2, 0) is 12.8 Å². The first-order valence-electron chi connectivity index (χ1n) is 5.58. The molecule has 0 atom stereocenters. The Labute approximate surface area is 91.2 Å². The van der Waals surface area contributed by atoms with Gasteiger partial charge in [0.15, 0.2) is 0 Å². The molecule has 1 heteroatoms. The maximum absolute atomic E-state index is 3.34. The molecule has 78 valence electrons. The van der Waals surface area contributed by atoms with Crippen LogP contribution in [0.15, 0.2) is 42.6 Å². The minimum absolute atomic E-state index is 1.00. The van der Waals surface area contributed by atoms with Gasteiger partial charge in [-0.05, 0) is 23.6 Å². The molecule has 0 saturated carbocycles. The van der Waals surface area contributed by atoms with Crippen molar-refractivity contribution in [1.82, 2.24) is 4.98 Å². The van der Waals surface area contributed by atoms with Gasteiger partial charge in [0, 0.05) is 18.3 Å². The van der Waals surface area contributed by atoms with Crippen molar-refractivity contribution in [3.05, 3.63) is 59.4 Å². The number of H-pyrrole nitrogens is 1. The lowest BCUT2D eigenvalue weighted by atomic mass is 10.1. The standard InChI is InChI=1S/C14H17N/c1-2-6-13-10-14(15-11-13)9-12-7-4-3-5-8-12/h3-5,7-8,10-11,15H,2,6,9H2,1H3. The van der Waals surface area contributed by atoms with Gasteiger partial charge >= 0.3 is 0 Å². The molecule has 0 aliphatic rings. The highest BCUT2D eigenvalue weighted by atomic mass is 14.7. The number of aromatic amines is 1. The smallest absolute Gasteiger partial charge is 0.0194 e. The molecule has 0 aliphatic carbocycles. The van der Waals surface area contributed by atoms with E-state index < -0.39 is 0 Å². The fourth-order valence-corrected chi connectivity index (χ4v) is 1.84.